The van der Waals surface area contributed by atoms with Crippen LogP contribution >= 0.6 is 27.3 Å². The van der Waals surface area contributed by atoms with Crippen molar-refractivity contribution >= 4 is 50.5 Å². The van der Waals surface area contributed by atoms with E-state index in [1.807, 2.05) is 0 Å². The second-order valence-electron chi connectivity index (χ2n) is 4.00. The summed E-state index contributed by atoms with van der Waals surface area (Å²) in [5, 5.41) is 13.2. The molecule has 0 saturated carbocycles. The SMILES string of the molecule is O=C(COC(=O)c1ccc(Br)s1)Nc1ccccc1[N+](=O)[O-]. The van der Waals surface area contributed by atoms with Gasteiger partial charge in [0.2, 0.25) is 0 Å². The Morgan fingerprint density at radius 2 is 2.00 bits per heavy atom. The van der Waals surface area contributed by atoms with Crippen molar-refractivity contribution in [3.05, 3.63) is 55.2 Å². The third kappa shape index (κ3) is 4.12. The number of hydrogen-bond acceptors (Lipinski definition) is 6. The lowest BCUT2D eigenvalue weighted by Crippen LogP contribution is -2.21. The third-order valence-corrected chi connectivity index (χ3v) is 4.09. The first kappa shape index (κ1) is 16.1. The molecule has 1 aromatic carbocycles. The van der Waals surface area contributed by atoms with Gasteiger partial charge in [-0.25, -0.2) is 4.79 Å². The van der Waals surface area contributed by atoms with Crippen molar-refractivity contribution in [2.24, 2.45) is 0 Å². The molecule has 0 atom stereocenters. The van der Waals surface area contributed by atoms with Gasteiger partial charge in [0.05, 0.1) is 8.71 Å². The van der Waals surface area contributed by atoms with Gasteiger partial charge < -0.3 is 10.1 Å². The number of esters is 1. The lowest BCUT2D eigenvalue weighted by atomic mass is 10.2. The number of amides is 1. The number of carbonyl (C=O) groups excluding carboxylic acids is 2. The smallest absolute Gasteiger partial charge is 0.348 e. The number of carbonyl (C=O) groups is 2. The molecule has 22 heavy (non-hydrogen) atoms. The Balaban J connectivity index is 1.94. The molecule has 1 N–H and O–H groups in total. The fourth-order valence-corrected chi connectivity index (χ4v) is 2.83. The molecule has 0 saturated heterocycles. The fraction of sp³-hybridized carbons (Fsp3) is 0.0769. The lowest BCUT2D eigenvalue weighted by Gasteiger charge is -2.06. The van der Waals surface area contributed by atoms with Crippen molar-refractivity contribution < 1.29 is 19.2 Å². The van der Waals surface area contributed by atoms with Gasteiger partial charge in [0, 0.05) is 6.07 Å². The van der Waals surface area contributed by atoms with Crippen LogP contribution in [0, 0.1) is 10.1 Å². The molecule has 1 heterocycles. The van der Waals surface area contributed by atoms with Gasteiger partial charge in [-0.3, -0.25) is 14.9 Å². The predicted molar refractivity (Wildman–Crippen MR) is 84.0 cm³/mol. The molecule has 1 amide bonds. The minimum Gasteiger partial charge on any atom is -0.451 e. The van der Waals surface area contributed by atoms with Gasteiger partial charge in [-0.1, -0.05) is 12.1 Å². The second kappa shape index (κ2) is 7.14. The van der Waals surface area contributed by atoms with Gasteiger partial charge in [-0.15, -0.1) is 11.3 Å². The Hall–Kier alpha value is -2.26. The highest BCUT2D eigenvalue weighted by Crippen LogP contribution is 2.24. The largest absolute Gasteiger partial charge is 0.451 e. The minimum absolute atomic E-state index is 0.0485. The lowest BCUT2D eigenvalue weighted by molar-refractivity contribution is -0.383. The van der Waals surface area contributed by atoms with E-state index in [9.17, 15) is 19.7 Å². The molecule has 0 aliphatic rings. The zero-order valence-electron chi connectivity index (χ0n) is 10.9. The molecule has 0 fully saturated rings. The fourth-order valence-electron chi connectivity index (χ4n) is 1.55. The van der Waals surface area contributed by atoms with E-state index in [2.05, 4.69) is 21.2 Å². The number of anilines is 1. The van der Waals surface area contributed by atoms with Crippen LogP contribution in [0.3, 0.4) is 0 Å². The maximum atomic E-state index is 11.7. The van der Waals surface area contributed by atoms with Gasteiger partial charge >= 0.3 is 5.97 Å². The van der Waals surface area contributed by atoms with E-state index in [-0.39, 0.29) is 11.4 Å². The normalized spacial score (nSPS) is 10.0. The highest BCUT2D eigenvalue weighted by atomic mass is 79.9. The molecule has 7 nitrogen and oxygen atoms in total. The Bertz CT molecular complexity index is 731. The number of halogens is 1. The summed E-state index contributed by atoms with van der Waals surface area (Å²) in [4.78, 5) is 33.9. The van der Waals surface area contributed by atoms with Crippen LogP contribution in [0.25, 0.3) is 0 Å². The minimum atomic E-state index is -0.654. The van der Waals surface area contributed by atoms with E-state index in [1.165, 1.54) is 29.5 Å². The first-order valence-corrected chi connectivity index (χ1v) is 7.54. The summed E-state index contributed by atoms with van der Waals surface area (Å²) in [6.07, 6.45) is 0. The number of nitrogens with zero attached hydrogens (tertiary/aromatic N) is 1. The second-order valence-corrected chi connectivity index (χ2v) is 6.47. The number of nitro benzene ring substituents is 1. The maximum Gasteiger partial charge on any atom is 0.348 e. The van der Waals surface area contributed by atoms with Crippen LogP contribution < -0.4 is 5.32 Å². The Labute approximate surface area is 137 Å². The molecule has 0 unspecified atom stereocenters. The van der Waals surface area contributed by atoms with E-state index in [0.717, 1.165) is 3.79 Å². The molecule has 9 heteroatoms. The molecule has 0 aliphatic carbocycles. The molecule has 2 aromatic rings. The molecule has 1 aromatic heterocycles. The average molecular weight is 385 g/mol. The summed E-state index contributed by atoms with van der Waals surface area (Å²) in [7, 11) is 0. The van der Waals surface area contributed by atoms with Crippen molar-refractivity contribution in [1.29, 1.82) is 0 Å². The van der Waals surface area contributed by atoms with Gasteiger partial charge in [-0.2, -0.15) is 0 Å². The van der Waals surface area contributed by atoms with Crippen molar-refractivity contribution in [1.82, 2.24) is 0 Å². The van der Waals surface area contributed by atoms with Gasteiger partial charge in [-0.05, 0) is 34.1 Å². The summed E-state index contributed by atoms with van der Waals surface area (Å²) >= 11 is 4.39. The van der Waals surface area contributed by atoms with E-state index in [4.69, 9.17) is 4.74 Å². The number of nitrogens with one attached hydrogen (secondary N) is 1. The topological polar surface area (TPSA) is 98.5 Å². The Morgan fingerprint density at radius 1 is 1.27 bits per heavy atom. The van der Waals surface area contributed by atoms with Crippen molar-refractivity contribution in [3.63, 3.8) is 0 Å². The van der Waals surface area contributed by atoms with Crippen molar-refractivity contribution in [2.75, 3.05) is 11.9 Å². The molecule has 0 radical (unpaired) electrons. The first-order chi connectivity index (χ1) is 10.5. The van der Waals surface area contributed by atoms with Crippen LogP contribution in [-0.4, -0.2) is 23.4 Å². The van der Waals surface area contributed by atoms with Crippen molar-refractivity contribution in [2.45, 2.75) is 0 Å². The predicted octanol–water partition coefficient (Wildman–Crippen LogP) is 3.21. The van der Waals surface area contributed by atoms with Crippen LogP contribution in [0.5, 0.6) is 0 Å². The molecule has 114 valence electrons. The molecule has 0 bridgehead atoms. The van der Waals surface area contributed by atoms with E-state index < -0.39 is 23.4 Å². The molecule has 0 spiro atoms. The van der Waals surface area contributed by atoms with Crippen LogP contribution in [0.2, 0.25) is 0 Å². The van der Waals surface area contributed by atoms with Crippen molar-refractivity contribution in [3.8, 4) is 0 Å². The zero-order chi connectivity index (χ0) is 16.1. The summed E-state index contributed by atoms with van der Waals surface area (Å²) in [5.41, 5.74) is -0.184. The van der Waals surface area contributed by atoms with E-state index >= 15 is 0 Å². The number of thiophene rings is 1. The highest BCUT2D eigenvalue weighted by molar-refractivity contribution is 9.11. The Morgan fingerprint density at radius 3 is 2.64 bits per heavy atom. The summed E-state index contributed by atoms with van der Waals surface area (Å²) in [5.74, 6) is -1.29. The van der Waals surface area contributed by atoms with Crippen LogP contribution in [-0.2, 0) is 9.53 Å². The van der Waals surface area contributed by atoms with Gasteiger partial charge in [0.15, 0.2) is 6.61 Å². The highest BCUT2D eigenvalue weighted by Gasteiger charge is 2.16. The molecular formula is C13H9BrN2O5S. The van der Waals surface area contributed by atoms with Crippen LogP contribution in [0.1, 0.15) is 9.67 Å². The molecule has 2 rings (SSSR count). The number of rotatable bonds is 5. The number of nitro groups is 1. The summed E-state index contributed by atoms with van der Waals surface area (Å²) in [6.45, 7) is -0.527. The van der Waals surface area contributed by atoms with Gasteiger partial charge in [0.1, 0.15) is 10.6 Å². The number of para-hydroxylation sites is 2. The maximum absolute atomic E-state index is 11.7. The van der Waals surface area contributed by atoms with E-state index in [0.29, 0.717) is 4.88 Å². The average Bonchev–Trinajstić information content (AvgIpc) is 2.92. The number of benzene rings is 1. The summed E-state index contributed by atoms with van der Waals surface area (Å²) < 4.78 is 5.61. The Kier molecular flexibility index (Phi) is 5.23. The first-order valence-electron chi connectivity index (χ1n) is 5.93. The quantitative estimate of drug-likeness (QED) is 0.484. The van der Waals surface area contributed by atoms with Crippen LogP contribution in [0.15, 0.2) is 40.2 Å². The summed E-state index contributed by atoms with van der Waals surface area (Å²) in [6, 6.07) is 8.96. The zero-order valence-corrected chi connectivity index (χ0v) is 13.3. The molecule has 0 aliphatic heterocycles. The number of ether oxygens (including phenoxy) is 1. The van der Waals surface area contributed by atoms with Crippen LogP contribution in [0.4, 0.5) is 11.4 Å². The van der Waals surface area contributed by atoms with Gasteiger partial charge in [0.25, 0.3) is 11.6 Å². The monoisotopic (exact) mass is 384 g/mol. The molecular weight excluding hydrogens is 376 g/mol. The van der Waals surface area contributed by atoms with E-state index in [1.54, 1.807) is 18.2 Å². The number of hydrogen-bond donors (Lipinski definition) is 1. The third-order valence-electron chi connectivity index (χ3n) is 2.48. The standard InChI is InChI=1S/C13H9BrN2O5S/c14-11-6-5-10(22-11)13(18)21-7-12(17)15-8-3-1-2-4-9(8)16(19)20/h1-6H,7H2,(H,15,17).